The van der Waals surface area contributed by atoms with Gasteiger partial charge in [-0.2, -0.15) is 0 Å². The number of nitrogens with zero attached hydrogens (tertiary/aromatic N) is 2. The molecule has 1 N–H and O–H groups in total. The Kier molecular flexibility index (Phi) is 6.99. The standard InChI is InChI=1S/C22H24FN3O3S/c1-3-29-17-10-8-16(9-11-17)24-20(27)14-19-21(28)25(2)22(30)26(19)13-12-15-6-4-5-7-18(15)23/h4-11,19H,3,12-14H2,1-2H3,(H,24,27). The zero-order valence-electron chi connectivity index (χ0n) is 16.9. The molecule has 8 heteroatoms. The van der Waals surface area contributed by atoms with Crippen molar-refractivity contribution in [3.8, 4) is 5.75 Å². The van der Waals surface area contributed by atoms with Gasteiger partial charge >= 0.3 is 0 Å². The number of nitrogens with one attached hydrogen (secondary N) is 1. The van der Waals surface area contributed by atoms with Gasteiger partial charge in [0.2, 0.25) is 5.91 Å². The van der Waals surface area contributed by atoms with E-state index in [0.29, 0.717) is 41.7 Å². The lowest BCUT2D eigenvalue weighted by Crippen LogP contribution is -2.39. The molecule has 1 fully saturated rings. The monoisotopic (exact) mass is 429 g/mol. The summed E-state index contributed by atoms with van der Waals surface area (Å²) in [6, 6.07) is 12.8. The lowest BCUT2D eigenvalue weighted by Gasteiger charge is -2.23. The Morgan fingerprint density at radius 3 is 2.57 bits per heavy atom. The molecule has 0 radical (unpaired) electrons. The van der Waals surface area contributed by atoms with Gasteiger partial charge in [-0.1, -0.05) is 18.2 Å². The molecular weight excluding hydrogens is 405 g/mol. The number of hydrogen-bond donors (Lipinski definition) is 1. The summed E-state index contributed by atoms with van der Waals surface area (Å²) in [4.78, 5) is 28.3. The van der Waals surface area contributed by atoms with Crippen LogP contribution in [0.5, 0.6) is 5.75 Å². The Labute approximate surface area is 180 Å². The zero-order valence-corrected chi connectivity index (χ0v) is 17.7. The second-order valence-electron chi connectivity index (χ2n) is 6.94. The average Bonchev–Trinajstić information content (AvgIpc) is 2.93. The first kappa shape index (κ1) is 21.7. The number of carbonyl (C=O) groups is 2. The summed E-state index contributed by atoms with van der Waals surface area (Å²) in [5.41, 5.74) is 1.16. The number of hydrogen-bond acceptors (Lipinski definition) is 4. The highest BCUT2D eigenvalue weighted by molar-refractivity contribution is 7.80. The number of halogens is 1. The fraction of sp³-hybridized carbons (Fsp3) is 0.318. The topological polar surface area (TPSA) is 61.9 Å². The second kappa shape index (κ2) is 9.67. The SMILES string of the molecule is CCOc1ccc(NC(=O)CC2C(=O)N(C)C(=S)N2CCc2ccccc2F)cc1. The molecule has 2 aromatic rings. The van der Waals surface area contributed by atoms with Crippen LogP contribution in [0.3, 0.4) is 0 Å². The fourth-order valence-electron chi connectivity index (χ4n) is 3.36. The van der Waals surface area contributed by atoms with Gasteiger partial charge in [0.1, 0.15) is 17.6 Å². The first-order chi connectivity index (χ1) is 14.4. The van der Waals surface area contributed by atoms with Gasteiger partial charge in [0, 0.05) is 19.3 Å². The summed E-state index contributed by atoms with van der Waals surface area (Å²) in [5.74, 6) is -0.123. The van der Waals surface area contributed by atoms with Crippen LogP contribution in [0.1, 0.15) is 18.9 Å². The number of carbonyl (C=O) groups excluding carboxylic acids is 2. The zero-order chi connectivity index (χ0) is 21.7. The molecule has 0 aromatic heterocycles. The van der Waals surface area contributed by atoms with Crippen molar-refractivity contribution in [3.63, 3.8) is 0 Å². The molecule has 2 amide bonds. The van der Waals surface area contributed by atoms with Gasteiger partial charge in [0.15, 0.2) is 5.11 Å². The van der Waals surface area contributed by atoms with Crippen LogP contribution >= 0.6 is 12.2 Å². The van der Waals surface area contributed by atoms with Crippen molar-refractivity contribution in [1.29, 1.82) is 0 Å². The van der Waals surface area contributed by atoms with E-state index in [1.165, 1.54) is 11.0 Å². The van der Waals surface area contributed by atoms with Gasteiger partial charge in [0.25, 0.3) is 5.91 Å². The molecule has 3 rings (SSSR count). The quantitative estimate of drug-likeness (QED) is 0.653. The second-order valence-corrected chi connectivity index (χ2v) is 7.31. The summed E-state index contributed by atoms with van der Waals surface area (Å²) < 4.78 is 19.3. The molecule has 1 aliphatic heterocycles. The summed E-state index contributed by atoms with van der Waals surface area (Å²) in [7, 11) is 1.59. The highest BCUT2D eigenvalue weighted by Gasteiger charge is 2.41. The Morgan fingerprint density at radius 1 is 1.20 bits per heavy atom. The van der Waals surface area contributed by atoms with E-state index in [-0.39, 0.29) is 24.1 Å². The molecule has 1 unspecified atom stereocenters. The first-order valence-corrected chi connectivity index (χ1v) is 10.2. The predicted octanol–water partition coefficient (Wildman–Crippen LogP) is 3.22. The van der Waals surface area contributed by atoms with Crippen molar-refractivity contribution >= 4 is 34.8 Å². The third-order valence-corrected chi connectivity index (χ3v) is 5.44. The predicted molar refractivity (Wildman–Crippen MR) is 117 cm³/mol. The largest absolute Gasteiger partial charge is 0.494 e. The van der Waals surface area contributed by atoms with Crippen molar-refractivity contribution < 1.29 is 18.7 Å². The van der Waals surface area contributed by atoms with Gasteiger partial charge in [-0.25, -0.2) is 4.39 Å². The first-order valence-electron chi connectivity index (χ1n) is 9.75. The van der Waals surface area contributed by atoms with Crippen molar-refractivity contribution in [1.82, 2.24) is 9.80 Å². The van der Waals surface area contributed by atoms with Crippen molar-refractivity contribution in [3.05, 3.63) is 59.9 Å². The Hall–Kier alpha value is -3.00. The number of benzene rings is 2. The van der Waals surface area contributed by atoms with E-state index in [1.54, 1.807) is 54.4 Å². The van der Waals surface area contributed by atoms with Gasteiger partial charge in [-0.05, 0) is 61.5 Å². The van der Waals surface area contributed by atoms with Crippen LogP contribution in [-0.4, -0.2) is 53.0 Å². The van der Waals surface area contributed by atoms with Crippen LogP contribution in [-0.2, 0) is 16.0 Å². The lowest BCUT2D eigenvalue weighted by molar-refractivity contribution is -0.130. The summed E-state index contributed by atoms with van der Waals surface area (Å²) in [5, 5.41) is 3.14. The number of anilines is 1. The number of thiocarbonyl (C=S) groups is 1. The van der Waals surface area contributed by atoms with E-state index in [9.17, 15) is 14.0 Å². The highest BCUT2D eigenvalue weighted by atomic mass is 32.1. The van der Waals surface area contributed by atoms with Gasteiger partial charge in [0.05, 0.1) is 13.0 Å². The molecule has 158 valence electrons. The maximum atomic E-state index is 13.9. The number of ether oxygens (including phenoxy) is 1. The molecular formula is C22H24FN3O3S. The maximum Gasteiger partial charge on any atom is 0.251 e. The van der Waals surface area contributed by atoms with E-state index in [0.717, 1.165) is 0 Å². The van der Waals surface area contributed by atoms with E-state index in [1.807, 2.05) is 6.92 Å². The van der Waals surface area contributed by atoms with Crippen LogP contribution in [0.2, 0.25) is 0 Å². The third-order valence-electron chi connectivity index (χ3n) is 4.93. The molecule has 1 saturated heterocycles. The van der Waals surface area contributed by atoms with Crippen LogP contribution < -0.4 is 10.1 Å². The minimum Gasteiger partial charge on any atom is -0.494 e. The van der Waals surface area contributed by atoms with Crippen LogP contribution in [0, 0.1) is 5.82 Å². The summed E-state index contributed by atoms with van der Waals surface area (Å²) in [6.07, 6.45) is 0.332. The number of amides is 2. The van der Waals surface area contributed by atoms with Crippen molar-refractivity contribution in [2.75, 3.05) is 25.5 Å². The van der Waals surface area contributed by atoms with E-state index >= 15 is 0 Å². The summed E-state index contributed by atoms with van der Waals surface area (Å²) >= 11 is 5.38. The van der Waals surface area contributed by atoms with Gasteiger partial charge < -0.3 is 15.0 Å². The molecule has 1 aliphatic rings. The smallest absolute Gasteiger partial charge is 0.251 e. The molecule has 0 bridgehead atoms. The fourth-order valence-corrected chi connectivity index (χ4v) is 3.67. The van der Waals surface area contributed by atoms with Crippen LogP contribution in [0.15, 0.2) is 48.5 Å². The molecule has 2 aromatic carbocycles. The molecule has 1 heterocycles. The number of rotatable bonds is 8. The van der Waals surface area contributed by atoms with E-state index in [2.05, 4.69) is 5.32 Å². The average molecular weight is 430 g/mol. The Morgan fingerprint density at radius 2 is 1.90 bits per heavy atom. The highest BCUT2D eigenvalue weighted by Crippen LogP contribution is 2.22. The third kappa shape index (κ3) is 4.94. The molecule has 1 atom stereocenters. The van der Waals surface area contributed by atoms with Gasteiger partial charge in [-0.3, -0.25) is 14.5 Å². The normalized spacial score (nSPS) is 16.2. The number of likely N-dealkylation sites (N-methyl/N-ethyl adjacent to an activating group) is 1. The molecule has 0 saturated carbocycles. The minimum atomic E-state index is -0.711. The molecule has 0 aliphatic carbocycles. The van der Waals surface area contributed by atoms with Gasteiger partial charge in [-0.15, -0.1) is 0 Å². The molecule has 6 nitrogen and oxygen atoms in total. The lowest BCUT2D eigenvalue weighted by atomic mass is 10.1. The van der Waals surface area contributed by atoms with E-state index in [4.69, 9.17) is 17.0 Å². The van der Waals surface area contributed by atoms with Crippen molar-refractivity contribution in [2.45, 2.75) is 25.8 Å². The minimum absolute atomic E-state index is 0.0478. The van der Waals surface area contributed by atoms with E-state index < -0.39 is 6.04 Å². The maximum absolute atomic E-state index is 13.9. The molecule has 0 spiro atoms. The Bertz CT molecular complexity index is 935. The van der Waals surface area contributed by atoms with Crippen LogP contribution in [0.25, 0.3) is 0 Å². The van der Waals surface area contributed by atoms with Crippen molar-refractivity contribution in [2.24, 2.45) is 0 Å². The summed E-state index contributed by atoms with van der Waals surface area (Å²) in [6.45, 7) is 2.80. The van der Waals surface area contributed by atoms with Crippen LogP contribution in [0.4, 0.5) is 10.1 Å². The molecule has 30 heavy (non-hydrogen) atoms. The Balaban J connectivity index is 1.65.